The van der Waals surface area contributed by atoms with Gasteiger partial charge in [-0.05, 0) is 19.4 Å². The van der Waals surface area contributed by atoms with E-state index in [9.17, 15) is 0 Å². The molecule has 0 spiro atoms. The molecule has 0 aliphatic heterocycles. The lowest BCUT2D eigenvalue weighted by Crippen LogP contribution is -2.31. The van der Waals surface area contributed by atoms with Gasteiger partial charge in [-0.25, -0.2) is 0 Å². The van der Waals surface area contributed by atoms with Gasteiger partial charge in [-0.1, -0.05) is 60.7 Å². The van der Waals surface area contributed by atoms with Crippen LogP contribution in [0, 0.1) is 0 Å². The average Bonchev–Trinajstić information content (AvgIpc) is 2.53. The summed E-state index contributed by atoms with van der Waals surface area (Å²) in [5.41, 5.74) is 2.43. The molecule has 0 saturated heterocycles. The number of nitrogens with zero attached hydrogens (tertiary/aromatic N) is 2. The van der Waals surface area contributed by atoms with Crippen molar-refractivity contribution < 1.29 is 0 Å². The van der Waals surface area contributed by atoms with Crippen molar-refractivity contribution in [3.05, 3.63) is 71.8 Å². The summed E-state index contributed by atoms with van der Waals surface area (Å²) in [5.74, 6) is 1.08. The highest BCUT2D eigenvalue weighted by atomic mass is 15.2. The van der Waals surface area contributed by atoms with Crippen molar-refractivity contribution in [2.24, 2.45) is 4.99 Å². The van der Waals surface area contributed by atoms with E-state index in [2.05, 4.69) is 67.3 Å². The third kappa shape index (κ3) is 3.70. The third-order valence-corrected chi connectivity index (χ3v) is 3.35. The fourth-order valence-electron chi connectivity index (χ4n) is 2.23. The second-order valence-corrected chi connectivity index (χ2v) is 4.66. The van der Waals surface area contributed by atoms with Crippen LogP contribution in [0.5, 0.6) is 0 Å². The van der Waals surface area contributed by atoms with Gasteiger partial charge in [-0.2, -0.15) is 0 Å². The molecular weight excluding hydrogens is 244 g/mol. The van der Waals surface area contributed by atoms with Crippen molar-refractivity contribution in [3.8, 4) is 0 Å². The van der Waals surface area contributed by atoms with Crippen LogP contribution in [-0.4, -0.2) is 23.8 Å². The number of aliphatic imine (C=N–C) groups is 1. The number of amidine groups is 1. The maximum atomic E-state index is 4.85. The van der Waals surface area contributed by atoms with Gasteiger partial charge >= 0.3 is 0 Å². The van der Waals surface area contributed by atoms with Crippen LogP contribution in [0.3, 0.4) is 0 Å². The van der Waals surface area contributed by atoms with Crippen molar-refractivity contribution in [1.29, 1.82) is 0 Å². The largest absolute Gasteiger partial charge is 0.357 e. The molecule has 2 aromatic carbocycles. The Kier molecular flexibility index (Phi) is 5.36. The lowest BCUT2D eigenvalue weighted by Gasteiger charge is -2.23. The van der Waals surface area contributed by atoms with E-state index in [-0.39, 0.29) is 0 Å². The number of rotatable bonds is 5. The van der Waals surface area contributed by atoms with Crippen LogP contribution in [-0.2, 0) is 6.54 Å². The molecule has 0 saturated carbocycles. The van der Waals surface area contributed by atoms with Crippen LogP contribution < -0.4 is 0 Å². The zero-order valence-corrected chi connectivity index (χ0v) is 12.3. The molecule has 2 heteroatoms. The Morgan fingerprint density at radius 2 is 1.40 bits per heavy atom. The van der Waals surface area contributed by atoms with Gasteiger partial charge < -0.3 is 4.90 Å². The van der Waals surface area contributed by atoms with E-state index in [0.717, 1.165) is 25.5 Å². The SMILES string of the molecule is CCN(CC)C(=NCc1ccccc1)c1ccccc1. The standard InChI is InChI=1S/C18H22N2/c1-3-20(4-2)18(17-13-9-6-10-14-17)19-15-16-11-7-5-8-12-16/h5-14H,3-4,15H2,1-2H3. The van der Waals surface area contributed by atoms with Crippen LogP contribution in [0.2, 0.25) is 0 Å². The fraction of sp³-hybridized carbons (Fsp3) is 0.278. The molecule has 20 heavy (non-hydrogen) atoms. The molecule has 104 valence electrons. The molecule has 2 aromatic rings. The van der Waals surface area contributed by atoms with Gasteiger partial charge in [0.25, 0.3) is 0 Å². The highest BCUT2D eigenvalue weighted by Crippen LogP contribution is 2.09. The predicted octanol–water partition coefficient (Wildman–Crippen LogP) is 3.98. The highest BCUT2D eigenvalue weighted by molar-refractivity contribution is 5.98. The predicted molar refractivity (Wildman–Crippen MR) is 86.0 cm³/mol. The number of hydrogen-bond acceptors (Lipinski definition) is 1. The molecule has 0 bridgehead atoms. The average molecular weight is 266 g/mol. The van der Waals surface area contributed by atoms with E-state index in [4.69, 9.17) is 4.99 Å². The van der Waals surface area contributed by atoms with E-state index in [0.29, 0.717) is 0 Å². The summed E-state index contributed by atoms with van der Waals surface area (Å²) in [6.07, 6.45) is 0. The summed E-state index contributed by atoms with van der Waals surface area (Å²) < 4.78 is 0. The number of benzene rings is 2. The number of hydrogen-bond donors (Lipinski definition) is 0. The van der Waals surface area contributed by atoms with Gasteiger partial charge in [-0.15, -0.1) is 0 Å². The molecular formula is C18H22N2. The summed E-state index contributed by atoms with van der Waals surface area (Å²) in [6.45, 7) is 7.01. The first-order chi connectivity index (χ1) is 9.85. The Bertz CT molecular complexity index is 528. The summed E-state index contributed by atoms with van der Waals surface area (Å²) in [5, 5.41) is 0. The van der Waals surface area contributed by atoms with E-state index in [1.54, 1.807) is 0 Å². The fourth-order valence-corrected chi connectivity index (χ4v) is 2.23. The summed E-state index contributed by atoms with van der Waals surface area (Å²) >= 11 is 0. The van der Waals surface area contributed by atoms with Gasteiger partial charge in [0.2, 0.25) is 0 Å². The maximum absolute atomic E-state index is 4.85. The van der Waals surface area contributed by atoms with Crippen LogP contribution in [0.25, 0.3) is 0 Å². The maximum Gasteiger partial charge on any atom is 0.131 e. The van der Waals surface area contributed by atoms with Gasteiger partial charge in [0.15, 0.2) is 0 Å². The Balaban J connectivity index is 2.27. The van der Waals surface area contributed by atoms with Crippen molar-refractivity contribution in [3.63, 3.8) is 0 Å². The molecule has 2 rings (SSSR count). The summed E-state index contributed by atoms with van der Waals surface area (Å²) in [6, 6.07) is 20.8. The Hall–Kier alpha value is -2.09. The highest BCUT2D eigenvalue weighted by Gasteiger charge is 2.09. The molecule has 0 aliphatic rings. The van der Waals surface area contributed by atoms with E-state index >= 15 is 0 Å². The molecule has 0 amide bonds. The lowest BCUT2D eigenvalue weighted by molar-refractivity contribution is 0.464. The first-order valence-corrected chi connectivity index (χ1v) is 7.24. The van der Waals surface area contributed by atoms with Crippen molar-refractivity contribution in [2.45, 2.75) is 20.4 Å². The Morgan fingerprint density at radius 1 is 0.850 bits per heavy atom. The van der Waals surface area contributed by atoms with Crippen LogP contribution in [0.1, 0.15) is 25.0 Å². The van der Waals surface area contributed by atoms with Crippen molar-refractivity contribution in [1.82, 2.24) is 4.90 Å². The van der Waals surface area contributed by atoms with E-state index in [1.165, 1.54) is 11.1 Å². The Labute approximate surface area is 121 Å². The first kappa shape index (κ1) is 14.3. The minimum Gasteiger partial charge on any atom is -0.357 e. The second-order valence-electron chi connectivity index (χ2n) is 4.66. The molecule has 0 atom stereocenters. The molecule has 0 radical (unpaired) electrons. The molecule has 0 aromatic heterocycles. The monoisotopic (exact) mass is 266 g/mol. The summed E-state index contributed by atoms with van der Waals surface area (Å²) in [7, 11) is 0. The molecule has 0 N–H and O–H groups in total. The topological polar surface area (TPSA) is 15.6 Å². The Morgan fingerprint density at radius 3 is 1.95 bits per heavy atom. The van der Waals surface area contributed by atoms with Crippen molar-refractivity contribution >= 4 is 5.84 Å². The third-order valence-electron chi connectivity index (χ3n) is 3.35. The van der Waals surface area contributed by atoms with Gasteiger partial charge in [0.1, 0.15) is 5.84 Å². The van der Waals surface area contributed by atoms with Gasteiger partial charge in [-0.3, -0.25) is 4.99 Å². The first-order valence-electron chi connectivity index (χ1n) is 7.24. The molecule has 0 fully saturated rings. The molecule has 2 nitrogen and oxygen atoms in total. The summed E-state index contributed by atoms with van der Waals surface area (Å²) in [4.78, 5) is 7.15. The quantitative estimate of drug-likeness (QED) is 0.590. The van der Waals surface area contributed by atoms with Crippen LogP contribution >= 0.6 is 0 Å². The second kappa shape index (κ2) is 7.49. The van der Waals surface area contributed by atoms with Crippen LogP contribution in [0.15, 0.2) is 65.7 Å². The van der Waals surface area contributed by atoms with Gasteiger partial charge in [0, 0.05) is 18.7 Å². The lowest BCUT2D eigenvalue weighted by atomic mass is 10.2. The molecule has 0 heterocycles. The molecule has 0 unspecified atom stereocenters. The minimum atomic E-state index is 0.724. The van der Waals surface area contributed by atoms with E-state index in [1.807, 2.05) is 12.1 Å². The zero-order valence-electron chi connectivity index (χ0n) is 12.3. The van der Waals surface area contributed by atoms with Crippen molar-refractivity contribution in [2.75, 3.05) is 13.1 Å². The normalized spacial score (nSPS) is 11.4. The van der Waals surface area contributed by atoms with E-state index < -0.39 is 0 Å². The molecule has 0 aliphatic carbocycles. The van der Waals surface area contributed by atoms with Gasteiger partial charge in [0.05, 0.1) is 6.54 Å². The zero-order chi connectivity index (χ0) is 14.2. The smallest absolute Gasteiger partial charge is 0.131 e. The van der Waals surface area contributed by atoms with Crippen LogP contribution in [0.4, 0.5) is 0 Å². The minimum absolute atomic E-state index is 0.724.